The second-order valence-corrected chi connectivity index (χ2v) is 5.34. The van der Waals surface area contributed by atoms with E-state index in [0.717, 1.165) is 17.0 Å². The molecule has 0 aliphatic heterocycles. The van der Waals surface area contributed by atoms with Gasteiger partial charge in [0.15, 0.2) is 0 Å². The van der Waals surface area contributed by atoms with Gasteiger partial charge in [0.1, 0.15) is 5.75 Å². The van der Waals surface area contributed by atoms with Crippen LogP contribution in [0.5, 0.6) is 5.75 Å². The molecule has 20 heavy (non-hydrogen) atoms. The Labute approximate surface area is 129 Å². The molecule has 1 unspecified atom stereocenters. The minimum atomic E-state index is 0.0538. The molecule has 1 N–H and O–H groups in total. The van der Waals surface area contributed by atoms with Crippen LogP contribution in [0, 0.1) is 0 Å². The zero-order chi connectivity index (χ0) is 14.5. The van der Waals surface area contributed by atoms with Crippen molar-refractivity contribution in [2.24, 2.45) is 0 Å². The molecule has 2 aromatic rings. The molecular weight excluding hydrogens is 293 g/mol. The van der Waals surface area contributed by atoms with Gasteiger partial charge in [-0.3, -0.25) is 0 Å². The number of ether oxygens (including phenoxy) is 1. The maximum absolute atomic E-state index is 6.21. The van der Waals surface area contributed by atoms with Crippen LogP contribution in [0.1, 0.15) is 25.5 Å². The highest BCUT2D eigenvalue weighted by Gasteiger charge is 2.10. The molecule has 0 saturated carbocycles. The first kappa shape index (κ1) is 15.0. The number of hydrogen-bond donors (Lipinski definition) is 1. The van der Waals surface area contributed by atoms with Gasteiger partial charge in [-0.2, -0.15) is 0 Å². The number of halogens is 2. The van der Waals surface area contributed by atoms with Crippen molar-refractivity contribution in [3.8, 4) is 5.75 Å². The summed E-state index contributed by atoms with van der Waals surface area (Å²) in [5.74, 6) is 0.849. The molecule has 2 nitrogen and oxygen atoms in total. The van der Waals surface area contributed by atoms with Crippen molar-refractivity contribution in [2.45, 2.75) is 19.9 Å². The molecule has 2 rings (SSSR count). The molecular formula is C16H17Cl2NO. The summed E-state index contributed by atoms with van der Waals surface area (Å²) in [6.45, 7) is 4.67. The molecule has 0 amide bonds. The molecule has 0 radical (unpaired) electrons. The summed E-state index contributed by atoms with van der Waals surface area (Å²) in [5, 5.41) is 4.79. The van der Waals surface area contributed by atoms with Crippen LogP contribution in [0.2, 0.25) is 10.0 Å². The van der Waals surface area contributed by atoms with E-state index in [1.807, 2.05) is 50.2 Å². The van der Waals surface area contributed by atoms with Crippen LogP contribution in [0.15, 0.2) is 42.5 Å². The third-order valence-corrected chi connectivity index (χ3v) is 3.53. The first-order valence-electron chi connectivity index (χ1n) is 6.54. The normalized spacial score (nSPS) is 12.0. The van der Waals surface area contributed by atoms with Gasteiger partial charge in [0, 0.05) is 21.8 Å². The third-order valence-electron chi connectivity index (χ3n) is 2.95. The maximum atomic E-state index is 6.21. The molecule has 2 aromatic carbocycles. The average Bonchev–Trinajstić information content (AvgIpc) is 2.42. The summed E-state index contributed by atoms with van der Waals surface area (Å²) in [5.41, 5.74) is 1.96. The summed E-state index contributed by atoms with van der Waals surface area (Å²) in [6, 6.07) is 13.4. The Morgan fingerprint density at radius 2 is 1.95 bits per heavy atom. The van der Waals surface area contributed by atoms with Crippen molar-refractivity contribution in [3.63, 3.8) is 0 Å². The Morgan fingerprint density at radius 1 is 1.15 bits per heavy atom. The zero-order valence-electron chi connectivity index (χ0n) is 11.5. The van der Waals surface area contributed by atoms with Crippen LogP contribution in [-0.2, 0) is 0 Å². The van der Waals surface area contributed by atoms with Crippen molar-refractivity contribution >= 4 is 28.9 Å². The Balaban J connectivity index is 2.16. The lowest BCUT2D eigenvalue weighted by Gasteiger charge is -2.18. The summed E-state index contributed by atoms with van der Waals surface area (Å²) in [7, 11) is 0. The molecule has 1 atom stereocenters. The molecule has 106 valence electrons. The van der Waals surface area contributed by atoms with Gasteiger partial charge in [0.05, 0.1) is 12.6 Å². The largest absolute Gasteiger partial charge is 0.494 e. The van der Waals surface area contributed by atoms with E-state index < -0.39 is 0 Å². The second-order valence-electron chi connectivity index (χ2n) is 4.49. The van der Waals surface area contributed by atoms with E-state index in [4.69, 9.17) is 27.9 Å². The van der Waals surface area contributed by atoms with Crippen LogP contribution < -0.4 is 10.1 Å². The number of benzene rings is 2. The first-order chi connectivity index (χ1) is 9.60. The molecule has 0 aliphatic carbocycles. The fourth-order valence-corrected chi connectivity index (χ4v) is 2.48. The zero-order valence-corrected chi connectivity index (χ0v) is 13.0. The van der Waals surface area contributed by atoms with E-state index in [1.54, 1.807) is 6.07 Å². The maximum Gasteiger partial charge on any atom is 0.121 e. The van der Waals surface area contributed by atoms with Gasteiger partial charge in [-0.25, -0.2) is 0 Å². The van der Waals surface area contributed by atoms with Crippen LogP contribution in [-0.4, -0.2) is 6.61 Å². The number of hydrogen-bond acceptors (Lipinski definition) is 2. The monoisotopic (exact) mass is 309 g/mol. The van der Waals surface area contributed by atoms with Gasteiger partial charge in [-0.15, -0.1) is 0 Å². The highest BCUT2D eigenvalue weighted by atomic mass is 35.5. The standard InChI is InChI=1S/C16H17Cl2NO/c1-3-20-14-6-4-5-13(10-14)19-11(2)15-9-12(17)7-8-16(15)18/h4-11,19H,3H2,1-2H3. The number of rotatable bonds is 5. The average molecular weight is 310 g/mol. The third kappa shape index (κ3) is 3.81. The molecule has 0 saturated heterocycles. The van der Waals surface area contributed by atoms with E-state index in [9.17, 15) is 0 Å². The fourth-order valence-electron chi connectivity index (χ4n) is 2.02. The van der Waals surface area contributed by atoms with Crippen LogP contribution >= 0.6 is 23.2 Å². The van der Waals surface area contributed by atoms with E-state index in [0.29, 0.717) is 16.7 Å². The summed E-state index contributed by atoms with van der Waals surface area (Å²) < 4.78 is 5.49. The van der Waals surface area contributed by atoms with Crippen molar-refractivity contribution in [1.82, 2.24) is 0 Å². The van der Waals surface area contributed by atoms with Crippen LogP contribution in [0.3, 0.4) is 0 Å². The van der Waals surface area contributed by atoms with E-state index >= 15 is 0 Å². The van der Waals surface area contributed by atoms with Crippen molar-refractivity contribution in [3.05, 3.63) is 58.1 Å². The molecule has 0 fully saturated rings. The van der Waals surface area contributed by atoms with Gasteiger partial charge < -0.3 is 10.1 Å². The lowest BCUT2D eigenvalue weighted by Crippen LogP contribution is -2.07. The smallest absolute Gasteiger partial charge is 0.121 e. The summed E-state index contributed by atoms with van der Waals surface area (Å²) in [4.78, 5) is 0. The lowest BCUT2D eigenvalue weighted by molar-refractivity contribution is 0.340. The lowest BCUT2D eigenvalue weighted by atomic mass is 10.1. The minimum absolute atomic E-state index is 0.0538. The Kier molecular flexibility index (Phi) is 5.16. The second kappa shape index (κ2) is 6.87. The Bertz CT molecular complexity index is 586. The van der Waals surface area contributed by atoms with Gasteiger partial charge >= 0.3 is 0 Å². The summed E-state index contributed by atoms with van der Waals surface area (Å²) in [6.07, 6.45) is 0. The highest BCUT2D eigenvalue weighted by molar-refractivity contribution is 6.33. The van der Waals surface area contributed by atoms with Crippen molar-refractivity contribution < 1.29 is 4.74 Å². The number of nitrogens with one attached hydrogen (secondary N) is 1. The van der Waals surface area contributed by atoms with E-state index in [2.05, 4.69) is 5.32 Å². The van der Waals surface area contributed by atoms with E-state index in [-0.39, 0.29) is 6.04 Å². The Hall–Kier alpha value is -1.38. The van der Waals surface area contributed by atoms with Crippen molar-refractivity contribution in [2.75, 3.05) is 11.9 Å². The van der Waals surface area contributed by atoms with Gasteiger partial charge in [0.25, 0.3) is 0 Å². The van der Waals surface area contributed by atoms with Crippen molar-refractivity contribution in [1.29, 1.82) is 0 Å². The van der Waals surface area contributed by atoms with Gasteiger partial charge in [-0.1, -0.05) is 29.3 Å². The van der Waals surface area contributed by atoms with E-state index in [1.165, 1.54) is 0 Å². The molecule has 0 spiro atoms. The molecule has 4 heteroatoms. The predicted molar refractivity (Wildman–Crippen MR) is 86.1 cm³/mol. The van der Waals surface area contributed by atoms with Gasteiger partial charge in [0.2, 0.25) is 0 Å². The topological polar surface area (TPSA) is 21.3 Å². The quantitative estimate of drug-likeness (QED) is 0.780. The number of anilines is 1. The first-order valence-corrected chi connectivity index (χ1v) is 7.30. The molecule has 0 aromatic heterocycles. The minimum Gasteiger partial charge on any atom is -0.494 e. The van der Waals surface area contributed by atoms with Crippen LogP contribution in [0.25, 0.3) is 0 Å². The predicted octanol–water partition coefficient (Wildman–Crippen LogP) is 5.57. The molecule has 0 aliphatic rings. The van der Waals surface area contributed by atoms with Gasteiger partial charge in [-0.05, 0) is 49.7 Å². The fraction of sp³-hybridized carbons (Fsp3) is 0.250. The highest BCUT2D eigenvalue weighted by Crippen LogP contribution is 2.29. The molecule has 0 heterocycles. The molecule has 0 bridgehead atoms. The SMILES string of the molecule is CCOc1cccc(NC(C)c2cc(Cl)ccc2Cl)c1. The summed E-state index contributed by atoms with van der Waals surface area (Å²) >= 11 is 12.2. The van der Waals surface area contributed by atoms with Crippen LogP contribution in [0.4, 0.5) is 5.69 Å². The Morgan fingerprint density at radius 3 is 2.70 bits per heavy atom.